The lowest BCUT2D eigenvalue weighted by molar-refractivity contribution is 1.30. The van der Waals surface area contributed by atoms with Gasteiger partial charge in [-0.1, -0.05) is 133 Å². The Balaban J connectivity index is 1.51. The standard InChI is InChI=1S/C38H27N/c1-3-13-29(14-4-1)36-25-24-33(32-23-22-28-12-7-8-16-31(28)26-32)27-38(36)39(34-18-5-2-6-19-34)37-21-11-17-30-15-9-10-20-35(30)37/h1-27H. The van der Waals surface area contributed by atoms with Crippen LogP contribution in [-0.2, 0) is 0 Å². The van der Waals surface area contributed by atoms with Crippen molar-refractivity contribution in [3.05, 3.63) is 164 Å². The van der Waals surface area contributed by atoms with Crippen molar-refractivity contribution in [3.63, 3.8) is 0 Å². The van der Waals surface area contributed by atoms with E-state index < -0.39 is 0 Å². The van der Waals surface area contributed by atoms with Gasteiger partial charge in [-0.05, 0) is 63.2 Å². The van der Waals surface area contributed by atoms with Crippen molar-refractivity contribution in [3.8, 4) is 22.3 Å². The SMILES string of the molecule is c1ccc(-c2ccc(-c3ccc4ccccc4c3)cc2N(c2ccccc2)c2cccc3ccccc23)cc1. The maximum atomic E-state index is 2.41. The molecule has 39 heavy (non-hydrogen) atoms. The molecule has 0 radical (unpaired) electrons. The van der Waals surface area contributed by atoms with Crippen molar-refractivity contribution in [1.29, 1.82) is 0 Å². The summed E-state index contributed by atoms with van der Waals surface area (Å²) >= 11 is 0. The van der Waals surface area contributed by atoms with Crippen molar-refractivity contribution >= 4 is 38.6 Å². The molecule has 0 heterocycles. The first-order valence-electron chi connectivity index (χ1n) is 13.4. The van der Waals surface area contributed by atoms with Crippen LogP contribution in [0, 0.1) is 0 Å². The molecule has 7 aromatic carbocycles. The summed E-state index contributed by atoms with van der Waals surface area (Å²) in [4.78, 5) is 2.41. The van der Waals surface area contributed by atoms with Crippen LogP contribution in [-0.4, -0.2) is 0 Å². The van der Waals surface area contributed by atoms with E-state index in [9.17, 15) is 0 Å². The minimum absolute atomic E-state index is 1.13. The Morgan fingerprint density at radius 2 is 0.949 bits per heavy atom. The topological polar surface area (TPSA) is 3.24 Å². The van der Waals surface area contributed by atoms with Crippen LogP contribution in [0.25, 0.3) is 43.8 Å². The van der Waals surface area contributed by atoms with Gasteiger partial charge in [-0.3, -0.25) is 0 Å². The van der Waals surface area contributed by atoms with Crippen LogP contribution in [0.2, 0.25) is 0 Å². The molecule has 7 aromatic rings. The Bertz CT molecular complexity index is 1900. The maximum Gasteiger partial charge on any atom is 0.0546 e. The number of hydrogen-bond donors (Lipinski definition) is 0. The van der Waals surface area contributed by atoms with Gasteiger partial charge in [0, 0.05) is 16.6 Å². The first-order chi connectivity index (χ1) is 19.3. The van der Waals surface area contributed by atoms with E-state index in [1.807, 2.05) is 0 Å². The molecule has 1 nitrogen and oxygen atoms in total. The summed E-state index contributed by atoms with van der Waals surface area (Å²) < 4.78 is 0. The van der Waals surface area contributed by atoms with Crippen LogP contribution in [0.4, 0.5) is 17.1 Å². The van der Waals surface area contributed by atoms with Gasteiger partial charge in [0.2, 0.25) is 0 Å². The van der Waals surface area contributed by atoms with Gasteiger partial charge >= 0.3 is 0 Å². The number of benzene rings is 7. The number of nitrogens with zero attached hydrogens (tertiary/aromatic N) is 1. The van der Waals surface area contributed by atoms with Crippen LogP contribution in [0.5, 0.6) is 0 Å². The zero-order valence-corrected chi connectivity index (χ0v) is 21.5. The first-order valence-corrected chi connectivity index (χ1v) is 13.4. The Morgan fingerprint density at radius 1 is 0.333 bits per heavy atom. The molecule has 0 fully saturated rings. The second-order valence-electron chi connectivity index (χ2n) is 9.83. The van der Waals surface area contributed by atoms with Crippen LogP contribution in [0.3, 0.4) is 0 Å². The molecule has 0 atom stereocenters. The molecule has 0 unspecified atom stereocenters. The third-order valence-electron chi connectivity index (χ3n) is 7.43. The zero-order valence-electron chi connectivity index (χ0n) is 21.5. The van der Waals surface area contributed by atoms with Crippen LogP contribution < -0.4 is 4.90 Å². The van der Waals surface area contributed by atoms with E-state index in [2.05, 4.69) is 169 Å². The van der Waals surface area contributed by atoms with Crippen molar-refractivity contribution in [2.45, 2.75) is 0 Å². The molecule has 7 rings (SSSR count). The maximum absolute atomic E-state index is 2.41. The first kappa shape index (κ1) is 23.0. The Kier molecular flexibility index (Phi) is 5.88. The van der Waals surface area contributed by atoms with E-state index in [0.29, 0.717) is 0 Å². The highest BCUT2D eigenvalue weighted by atomic mass is 15.1. The van der Waals surface area contributed by atoms with Gasteiger partial charge in [0.25, 0.3) is 0 Å². The normalized spacial score (nSPS) is 11.1. The largest absolute Gasteiger partial charge is 0.309 e. The van der Waals surface area contributed by atoms with Crippen LogP contribution >= 0.6 is 0 Å². The zero-order chi connectivity index (χ0) is 26.0. The lowest BCUT2D eigenvalue weighted by Crippen LogP contribution is -2.12. The average Bonchev–Trinajstić information content (AvgIpc) is 3.02. The third kappa shape index (κ3) is 4.35. The van der Waals surface area contributed by atoms with Crippen molar-refractivity contribution in [1.82, 2.24) is 0 Å². The average molecular weight is 498 g/mol. The number of anilines is 3. The molecular formula is C38H27N. The summed E-state index contributed by atoms with van der Waals surface area (Å²) in [7, 11) is 0. The lowest BCUT2D eigenvalue weighted by Gasteiger charge is -2.29. The summed E-state index contributed by atoms with van der Waals surface area (Å²) in [5.41, 5.74) is 8.22. The monoisotopic (exact) mass is 497 g/mol. The molecule has 1 heteroatoms. The molecule has 0 amide bonds. The lowest BCUT2D eigenvalue weighted by atomic mass is 9.95. The second kappa shape index (κ2) is 9.96. The van der Waals surface area contributed by atoms with Crippen LogP contribution in [0.15, 0.2) is 164 Å². The van der Waals surface area contributed by atoms with Gasteiger partial charge < -0.3 is 4.90 Å². The fourth-order valence-corrected chi connectivity index (χ4v) is 5.52. The summed E-state index contributed by atoms with van der Waals surface area (Å²) in [5.74, 6) is 0. The smallest absolute Gasteiger partial charge is 0.0546 e. The third-order valence-corrected chi connectivity index (χ3v) is 7.43. The van der Waals surface area contributed by atoms with E-state index in [0.717, 1.165) is 17.1 Å². The second-order valence-corrected chi connectivity index (χ2v) is 9.83. The van der Waals surface area contributed by atoms with Crippen molar-refractivity contribution in [2.75, 3.05) is 4.90 Å². The van der Waals surface area contributed by atoms with Gasteiger partial charge in [0.1, 0.15) is 0 Å². The Morgan fingerprint density at radius 3 is 1.77 bits per heavy atom. The predicted molar refractivity (Wildman–Crippen MR) is 167 cm³/mol. The number of fused-ring (bicyclic) bond motifs is 2. The molecule has 0 saturated heterocycles. The number of hydrogen-bond acceptors (Lipinski definition) is 1. The molecule has 184 valence electrons. The van der Waals surface area contributed by atoms with Crippen molar-refractivity contribution < 1.29 is 0 Å². The quantitative estimate of drug-likeness (QED) is 0.229. The van der Waals surface area contributed by atoms with Gasteiger partial charge in [0.05, 0.1) is 11.4 Å². The summed E-state index contributed by atoms with van der Waals surface area (Å²) in [5, 5.41) is 4.95. The van der Waals surface area contributed by atoms with E-state index in [1.54, 1.807) is 0 Å². The summed E-state index contributed by atoms with van der Waals surface area (Å²) in [6.07, 6.45) is 0. The number of rotatable bonds is 5. The Labute approximate surface area is 229 Å². The number of para-hydroxylation sites is 1. The fraction of sp³-hybridized carbons (Fsp3) is 0. The minimum atomic E-state index is 1.13. The highest BCUT2D eigenvalue weighted by Crippen LogP contribution is 2.44. The predicted octanol–water partition coefficient (Wildman–Crippen LogP) is 10.8. The highest BCUT2D eigenvalue weighted by Gasteiger charge is 2.20. The van der Waals surface area contributed by atoms with Gasteiger partial charge in [0.15, 0.2) is 0 Å². The molecule has 0 aliphatic heterocycles. The summed E-state index contributed by atoms with van der Waals surface area (Å²) in [6.45, 7) is 0. The van der Waals surface area contributed by atoms with E-state index in [4.69, 9.17) is 0 Å². The highest BCUT2D eigenvalue weighted by molar-refractivity contribution is 6.01. The van der Waals surface area contributed by atoms with Crippen LogP contribution in [0.1, 0.15) is 0 Å². The fourth-order valence-electron chi connectivity index (χ4n) is 5.52. The minimum Gasteiger partial charge on any atom is -0.309 e. The van der Waals surface area contributed by atoms with E-state index in [1.165, 1.54) is 43.8 Å². The van der Waals surface area contributed by atoms with Gasteiger partial charge in [-0.2, -0.15) is 0 Å². The van der Waals surface area contributed by atoms with E-state index in [-0.39, 0.29) is 0 Å². The van der Waals surface area contributed by atoms with Gasteiger partial charge in [-0.15, -0.1) is 0 Å². The Hall–Kier alpha value is -5.14. The molecule has 0 aromatic heterocycles. The van der Waals surface area contributed by atoms with Gasteiger partial charge in [-0.25, -0.2) is 0 Å². The molecule has 0 N–H and O–H groups in total. The molecule has 0 saturated carbocycles. The van der Waals surface area contributed by atoms with E-state index >= 15 is 0 Å². The molecular weight excluding hydrogens is 470 g/mol. The summed E-state index contributed by atoms with van der Waals surface area (Å²) in [6, 6.07) is 58.8. The molecule has 0 bridgehead atoms. The molecule has 0 spiro atoms. The molecule has 0 aliphatic rings. The van der Waals surface area contributed by atoms with Crippen molar-refractivity contribution in [2.24, 2.45) is 0 Å². The molecule has 0 aliphatic carbocycles.